The molecule has 1 aromatic carbocycles. The monoisotopic (exact) mass is 275 g/mol. The third kappa shape index (κ3) is 3.50. The highest BCUT2D eigenvalue weighted by molar-refractivity contribution is 5.94. The lowest BCUT2D eigenvalue weighted by atomic mass is 9.92. The molecule has 0 bridgehead atoms. The molecule has 0 saturated carbocycles. The molecule has 5 heteroatoms. The number of piperidine rings is 1. The van der Waals surface area contributed by atoms with Crippen LogP contribution in [0.25, 0.3) is 0 Å². The van der Waals surface area contributed by atoms with Crippen LogP contribution in [-0.2, 0) is 0 Å². The van der Waals surface area contributed by atoms with E-state index in [0.717, 1.165) is 19.5 Å². The molecule has 1 aliphatic heterocycles. The Balaban J connectivity index is 1.98. The van der Waals surface area contributed by atoms with Crippen LogP contribution in [0.15, 0.2) is 24.3 Å². The Morgan fingerprint density at radius 1 is 1.15 bits per heavy atom. The summed E-state index contributed by atoms with van der Waals surface area (Å²) >= 11 is 0. The van der Waals surface area contributed by atoms with Gasteiger partial charge in [0.05, 0.1) is 0 Å². The van der Waals surface area contributed by atoms with Crippen molar-refractivity contribution in [2.45, 2.75) is 20.3 Å². The summed E-state index contributed by atoms with van der Waals surface area (Å²) in [5.74, 6) is 0.588. The van der Waals surface area contributed by atoms with E-state index in [1.807, 2.05) is 4.90 Å². The number of carbonyl (C=O) groups excluding carboxylic acids is 2. The molecule has 20 heavy (non-hydrogen) atoms. The summed E-state index contributed by atoms with van der Waals surface area (Å²) in [6.45, 7) is 5.90. The molecule has 1 aromatic rings. The maximum absolute atomic E-state index is 12.2. The fourth-order valence-corrected chi connectivity index (χ4v) is 2.75. The smallest absolute Gasteiger partial charge is 0.321 e. The van der Waals surface area contributed by atoms with Gasteiger partial charge in [-0.3, -0.25) is 4.79 Å². The van der Waals surface area contributed by atoms with Crippen molar-refractivity contribution in [3.63, 3.8) is 0 Å². The zero-order valence-corrected chi connectivity index (χ0v) is 11.9. The Labute approximate surface area is 119 Å². The van der Waals surface area contributed by atoms with Crippen molar-refractivity contribution < 1.29 is 9.59 Å². The lowest BCUT2D eigenvalue weighted by molar-refractivity contribution is 0.100. The van der Waals surface area contributed by atoms with E-state index in [9.17, 15) is 9.59 Å². The van der Waals surface area contributed by atoms with Crippen LogP contribution < -0.4 is 11.1 Å². The topological polar surface area (TPSA) is 75.4 Å². The second-order valence-electron chi connectivity index (χ2n) is 5.72. The maximum atomic E-state index is 12.2. The van der Waals surface area contributed by atoms with E-state index in [2.05, 4.69) is 19.2 Å². The first-order valence-corrected chi connectivity index (χ1v) is 6.91. The average Bonchev–Trinajstić information content (AvgIpc) is 2.38. The fraction of sp³-hybridized carbons (Fsp3) is 0.467. The number of rotatable bonds is 2. The Morgan fingerprint density at radius 2 is 1.70 bits per heavy atom. The lowest BCUT2D eigenvalue weighted by Gasteiger charge is -2.34. The van der Waals surface area contributed by atoms with Crippen LogP contribution in [0.4, 0.5) is 10.5 Å². The van der Waals surface area contributed by atoms with Gasteiger partial charge in [0, 0.05) is 24.3 Å². The zero-order chi connectivity index (χ0) is 14.7. The molecular formula is C15H21N3O2. The Bertz CT molecular complexity index is 488. The summed E-state index contributed by atoms with van der Waals surface area (Å²) in [4.78, 5) is 25.0. The number of urea groups is 1. The Morgan fingerprint density at radius 3 is 2.20 bits per heavy atom. The molecule has 1 saturated heterocycles. The highest BCUT2D eigenvalue weighted by Crippen LogP contribution is 2.21. The van der Waals surface area contributed by atoms with Gasteiger partial charge in [0.2, 0.25) is 5.91 Å². The molecule has 5 nitrogen and oxygen atoms in total. The number of hydrogen-bond acceptors (Lipinski definition) is 2. The largest absolute Gasteiger partial charge is 0.366 e. The second kappa shape index (κ2) is 5.94. The third-order valence-corrected chi connectivity index (χ3v) is 3.58. The molecule has 2 rings (SSSR count). The van der Waals surface area contributed by atoms with E-state index < -0.39 is 5.91 Å². The van der Waals surface area contributed by atoms with Gasteiger partial charge in [0.25, 0.3) is 0 Å². The van der Waals surface area contributed by atoms with Crippen LogP contribution in [0.1, 0.15) is 30.6 Å². The summed E-state index contributed by atoms with van der Waals surface area (Å²) in [6, 6.07) is 6.51. The number of nitrogens with zero attached hydrogens (tertiary/aromatic N) is 1. The molecule has 3 N–H and O–H groups in total. The van der Waals surface area contributed by atoms with Crippen molar-refractivity contribution in [1.82, 2.24) is 4.90 Å². The highest BCUT2D eigenvalue weighted by atomic mass is 16.2. The van der Waals surface area contributed by atoms with E-state index in [0.29, 0.717) is 23.1 Å². The average molecular weight is 275 g/mol. The van der Waals surface area contributed by atoms with Crippen LogP contribution in [0.5, 0.6) is 0 Å². The minimum Gasteiger partial charge on any atom is -0.366 e. The summed E-state index contributed by atoms with van der Waals surface area (Å²) in [5, 5.41) is 2.85. The molecule has 2 atom stereocenters. The van der Waals surface area contributed by atoms with Crippen molar-refractivity contribution in [2.24, 2.45) is 17.6 Å². The maximum Gasteiger partial charge on any atom is 0.321 e. The number of primary amides is 1. The Kier molecular flexibility index (Phi) is 4.27. The first kappa shape index (κ1) is 14.4. The molecule has 0 aromatic heterocycles. The van der Waals surface area contributed by atoms with Gasteiger partial charge >= 0.3 is 6.03 Å². The minimum atomic E-state index is -0.471. The van der Waals surface area contributed by atoms with E-state index in [4.69, 9.17) is 5.73 Å². The minimum absolute atomic E-state index is 0.0878. The predicted octanol–water partition coefficient (Wildman–Crippen LogP) is 2.30. The molecule has 0 radical (unpaired) electrons. The van der Waals surface area contributed by atoms with E-state index in [1.165, 1.54) is 0 Å². The SMILES string of the molecule is C[C@@H]1C[C@H](C)CN(C(=O)Nc2ccc(C(N)=O)cc2)C1. The van der Waals surface area contributed by atoms with E-state index in [-0.39, 0.29) is 6.03 Å². The van der Waals surface area contributed by atoms with Gasteiger partial charge < -0.3 is 16.0 Å². The van der Waals surface area contributed by atoms with Gasteiger partial charge in [-0.15, -0.1) is 0 Å². The predicted molar refractivity (Wildman–Crippen MR) is 78.5 cm³/mol. The fourth-order valence-electron chi connectivity index (χ4n) is 2.75. The molecule has 0 spiro atoms. The van der Waals surface area contributed by atoms with Crippen molar-refractivity contribution in [3.05, 3.63) is 29.8 Å². The number of anilines is 1. The summed E-state index contributed by atoms with van der Waals surface area (Å²) in [7, 11) is 0. The number of carbonyl (C=O) groups is 2. The summed E-state index contributed by atoms with van der Waals surface area (Å²) in [5.41, 5.74) is 6.28. The van der Waals surface area contributed by atoms with Gasteiger partial charge in [-0.2, -0.15) is 0 Å². The normalized spacial score (nSPS) is 22.4. The molecule has 1 aliphatic rings. The lowest BCUT2D eigenvalue weighted by Crippen LogP contribution is -2.44. The van der Waals surface area contributed by atoms with Crippen LogP contribution in [0.2, 0.25) is 0 Å². The first-order chi connectivity index (χ1) is 9.45. The summed E-state index contributed by atoms with van der Waals surface area (Å²) in [6.07, 6.45) is 1.16. The van der Waals surface area contributed by atoms with Crippen LogP contribution in [-0.4, -0.2) is 29.9 Å². The molecular weight excluding hydrogens is 254 g/mol. The van der Waals surface area contributed by atoms with Crippen molar-refractivity contribution in [3.8, 4) is 0 Å². The van der Waals surface area contributed by atoms with Gasteiger partial charge in [-0.05, 0) is 42.5 Å². The number of amides is 3. The van der Waals surface area contributed by atoms with Crippen molar-refractivity contribution in [1.29, 1.82) is 0 Å². The van der Waals surface area contributed by atoms with Gasteiger partial charge in [-0.25, -0.2) is 4.79 Å². The summed E-state index contributed by atoms with van der Waals surface area (Å²) < 4.78 is 0. The van der Waals surface area contributed by atoms with E-state index >= 15 is 0 Å². The van der Waals surface area contributed by atoms with Crippen LogP contribution >= 0.6 is 0 Å². The van der Waals surface area contributed by atoms with Crippen molar-refractivity contribution in [2.75, 3.05) is 18.4 Å². The Hall–Kier alpha value is -2.04. The second-order valence-corrected chi connectivity index (χ2v) is 5.72. The third-order valence-electron chi connectivity index (χ3n) is 3.58. The van der Waals surface area contributed by atoms with Gasteiger partial charge in [0.15, 0.2) is 0 Å². The number of hydrogen-bond donors (Lipinski definition) is 2. The van der Waals surface area contributed by atoms with E-state index in [1.54, 1.807) is 24.3 Å². The number of likely N-dealkylation sites (tertiary alicyclic amines) is 1. The first-order valence-electron chi connectivity index (χ1n) is 6.91. The van der Waals surface area contributed by atoms with Crippen LogP contribution in [0, 0.1) is 11.8 Å². The standard InChI is InChI=1S/C15H21N3O2/c1-10-7-11(2)9-18(8-10)15(20)17-13-5-3-12(4-6-13)14(16)19/h3-6,10-11H,7-9H2,1-2H3,(H2,16,19)(H,17,20)/t10-,11+. The quantitative estimate of drug-likeness (QED) is 0.869. The number of nitrogens with two attached hydrogens (primary N) is 1. The molecule has 1 fully saturated rings. The zero-order valence-electron chi connectivity index (χ0n) is 11.9. The van der Waals surface area contributed by atoms with Crippen LogP contribution in [0.3, 0.4) is 0 Å². The van der Waals surface area contributed by atoms with Gasteiger partial charge in [-0.1, -0.05) is 13.8 Å². The molecule has 0 aliphatic carbocycles. The molecule has 1 heterocycles. The van der Waals surface area contributed by atoms with Crippen molar-refractivity contribution >= 4 is 17.6 Å². The molecule has 3 amide bonds. The molecule has 0 unspecified atom stereocenters. The number of benzene rings is 1. The highest BCUT2D eigenvalue weighted by Gasteiger charge is 2.25. The van der Waals surface area contributed by atoms with Gasteiger partial charge in [0.1, 0.15) is 0 Å². The molecule has 108 valence electrons. The number of nitrogens with one attached hydrogen (secondary N) is 1.